The second kappa shape index (κ2) is 14.1. The number of ether oxygens (including phenoxy) is 2. The van der Waals surface area contributed by atoms with E-state index in [-0.39, 0.29) is 35.9 Å². The molecular weight excluding hydrogens is 327 g/mol. The molecule has 0 N–H and O–H groups in total. The Morgan fingerprint density at radius 1 is 0.727 bits per heavy atom. The van der Waals surface area contributed by atoms with Crippen LogP contribution in [0.5, 0.6) is 0 Å². The number of unbranched alkanes of at least 4 members (excludes halogenated alkanes) is 5. The topological polar surface area (TPSA) is 52.6 Å². The van der Waals surface area contributed by atoms with Crippen molar-refractivity contribution in [2.45, 2.75) is 76.0 Å². The first-order chi connectivity index (χ1) is 10.4. The highest BCUT2D eigenvalue weighted by Crippen LogP contribution is 2.10. The van der Waals surface area contributed by atoms with E-state index in [0.717, 1.165) is 38.5 Å². The molecule has 0 aromatic carbocycles. The lowest BCUT2D eigenvalue weighted by Gasteiger charge is -2.06. The van der Waals surface area contributed by atoms with E-state index in [2.05, 4.69) is 0 Å². The second-order valence-corrected chi connectivity index (χ2v) is 7.04. The standard InChI is InChI=1S/C16H28Cl2O4/c1-13(17)11-21-15(19)9-7-5-3-4-6-8-10-16(20)22-12-14(2)18/h13-14H,3-12H2,1-2H3. The Bertz CT molecular complexity index is 277. The fourth-order valence-electron chi connectivity index (χ4n) is 1.81. The van der Waals surface area contributed by atoms with Crippen LogP contribution in [0.3, 0.4) is 0 Å². The summed E-state index contributed by atoms with van der Waals surface area (Å²) in [7, 11) is 0. The minimum atomic E-state index is -0.177. The van der Waals surface area contributed by atoms with Crippen LogP contribution in [0, 0.1) is 0 Å². The first kappa shape index (κ1) is 21.5. The van der Waals surface area contributed by atoms with Gasteiger partial charge in [-0.15, -0.1) is 23.2 Å². The zero-order valence-corrected chi connectivity index (χ0v) is 15.1. The minimum absolute atomic E-state index is 0.136. The summed E-state index contributed by atoms with van der Waals surface area (Å²) in [5.41, 5.74) is 0. The summed E-state index contributed by atoms with van der Waals surface area (Å²) in [4.78, 5) is 22.7. The summed E-state index contributed by atoms with van der Waals surface area (Å²) >= 11 is 11.4. The summed E-state index contributed by atoms with van der Waals surface area (Å²) < 4.78 is 9.97. The largest absolute Gasteiger partial charge is 0.464 e. The quantitative estimate of drug-likeness (QED) is 0.278. The van der Waals surface area contributed by atoms with Gasteiger partial charge < -0.3 is 9.47 Å². The van der Waals surface area contributed by atoms with Crippen LogP contribution in [0.1, 0.15) is 65.2 Å². The first-order valence-corrected chi connectivity index (χ1v) is 8.88. The van der Waals surface area contributed by atoms with Crippen LogP contribution >= 0.6 is 23.2 Å². The first-order valence-electron chi connectivity index (χ1n) is 8.01. The average molecular weight is 355 g/mol. The molecule has 130 valence electrons. The summed E-state index contributed by atoms with van der Waals surface area (Å²) in [5.74, 6) is -0.354. The van der Waals surface area contributed by atoms with E-state index < -0.39 is 0 Å². The number of carbonyl (C=O) groups is 2. The smallest absolute Gasteiger partial charge is 0.305 e. The van der Waals surface area contributed by atoms with Gasteiger partial charge in [0.15, 0.2) is 0 Å². The van der Waals surface area contributed by atoms with Crippen molar-refractivity contribution in [3.05, 3.63) is 0 Å². The molecule has 0 aliphatic carbocycles. The lowest BCUT2D eigenvalue weighted by atomic mass is 10.1. The molecule has 0 aromatic rings. The number of carbonyl (C=O) groups excluding carboxylic acids is 2. The van der Waals surface area contributed by atoms with Crippen molar-refractivity contribution in [2.24, 2.45) is 0 Å². The maximum Gasteiger partial charge on any atom is 0.305 e. The molecule has 0 saturated carbocycles. The van der Waals surface area contributed by atoms with Crippen LogP contribution in [-0.4, -0.2) is 35.9 Å². The Kier molecular flexibility index (Phi) is 13.8. The van der Waals surface area contributed by atoms with Gasteiger partial charge in [-0.2, -0.15) is 0 Å². The highest BCUT2D eigenvalue weighted by molar-refractivity contribution is 6.20. The van der Waals surface area contributed by atoms with E-state index in [4.69, 9.17) is 32.7 Å². The number of alkyl halides is 2. The van der Waals surface area contributed by atoms with Gasteiger partial charge in [-0.3, -0.25) is 9.59 Å². The van der Waals surface area contributed by atoms with Gasteiger partial charge in [0.2, 0.25) is 0 Å². The van der Waals surface area contributed by atoms with Crippen molar-refractivity contribution in [3.63, 3.8) is 0 Å². The minimum Gasteiger partial charge on any atom is -0.464 e. The van der Waals surface area contributed by atoms with Gasteiger partial charge in [-0.05, 0) is 26.7 Å². The van der Waals surface area contributed by atoms with Crippen LogP contribution in [0.25, 0.3) is 0 Å². The molecule has 0 aliphatic heterocycles. The molecule has 0 bridgehead atoms. The lowest BCUT2D eigenvalue weighted by molar-refractivity contribution is -0.144. The van der Waals surface area contributed by atoms with E-state index in [1.54, 1.807) is 13.8 Å². The highest BCUT2D eigenvalue weighted by Gasteiger charge is 2.06. The van der Waals surface area contributed by atoms with Crippen molar-refractivity contribution in [1.29, 1.82) is 0 Å². The number of hydrogen-bond donors (Lipinski definition) is 0. The van der Waals surface area contributed by atoms with Crippen LogP contribution in [-0.2, 0) is 19.1 Å². The molecule has 0 rings (SSSR count). The fourth-order valence-corrected chi connectivity index (χ4v) is 1.93. The molecule has 0 aliphatic rings. The number of halogens is 2. The SMILES string of the molecule is CC(Cl)COC(=O)CCCCCCCCC(=O)OCC(C)Cl. The molecule has 0 saturated heterocycles. The van der Waals surface area contributed by atoms with Crippen molar-refractivity contribution in [3.8, 4) is 0 Å². The molecule has 2 unspecified atom stereocenters. The Morgan fingerprint density at radius 2 is 1.05 bits per heavy atom. The van der Waals surface area contributed by atoms with Gasteiger partial charge in [0.25, 0.3) is 0 Å². The van der Waals surface area contributed by atoms with Crippen LogP contribution in [0.4, 0.5) is 0 Å². The monoisotopic (exact) mass is 354 g/mol. The molecule has 22 heavy (non-hydrogen) atoms. The number of esters is 2. The van der Waals surface area contributed by atoms with Crippen molar-refractivity contribution < 1.29 is 19.1 Å². The zero-order chi connectivity index (χ0) is 16.8. The van der Waals surface area contributed by atoms with Gasteiger partial charge in [0.1, 0.15) is 13.2 Å². The molecule has 0 heterocycles. The van der Waals surface area contributed by atoms with Gasteiger partial charge in [0, 0.05) is 12.8 Å². The Labute approximate surface area is 143 Å². The van der Waals surface area contributed by atoms with Crippen LogP contribution in [0.2, 0.25) is 0 Å². The van der Waals surface area contributed by atoms with Crippen molar-refractivity contribution >= 4 is 35.1 Å². The van der Waals surface area contributed by atoms with Crippen molar-refractivity contribution in [1.82, 2.24) is 0 Å². The third-order valence-electron chi connectivity index (χ3n) is 2.96. The van der Waals surface area contributed by atoms with E-state index in [1.807, 2.05) is 0 Å². The summed E-state index contributed by atoms with van der Waals surface area (Å²) in [5, 5.41) is -0.272. The van der Waals surface area contributed by atoms with E-state index >= 15 is 0 Å². The van der Waals surface area contributed by atoms with Gasteiger partial charge in [-0.1, -0.05) is 25.7 Å². The predicted molar refractivity (Wildman–Crippen MR) is 89.5 cm³/mol. The van der Waals surface area contributed by atoms with Gasteiger partial charge >= 0.3 is 11.9 Å². The predicted octanol–water partition coefficient (Wildman–Crippen LogP) is 4.45. The normalized spacial score (nSPS) is 13.5. The maximum absolute atomic E-state index is 11.3. The van der Waals surface area contributed by atoms with E-state index in [9.17, 15) is 9.59 Å². The lowest BCUT2D eigenvalue weighted by Crippen LogP contribution is -2.11. The molecule has 0 amide bonds. The third kappa shape index (κ3) is 15.9. The molecular formula is C16H28Cl2O4. The molecule has 6 heteroatoms. The summed E-state index contributed by atoms with van der Waals surface area (Å²) in [6.07, 6.45) is 6.70. The third-order valence-corrected chi connectivity index (χ3v) is 3.21. The highest BCUT2D eigenvalue weighted by atomic mass is 35.5. The zero-order valence-electron chi connectivity index (χ0n) is 13.6. The second-order valence-electron chi connectivity index (χ2n) is 5.55. The fraction of sp³-hybridized carbons (Fsp3) is 0.875. The molecule has 2 atom stereocenters. The molecule has 4 nitrogen and oxygen atoms in total. The maximum atomic E-state index is 11.3. The Hall–Kier alpha value is -0.480. The average Bonchev–Trinajstić information content (AvgIpc) is 2.45. The summed E-state index contributed by atoms with van der Waals surface area (Å²) in [6.45, 7) is 4.14. The molecule has 0 radical (unpaired) electrons. The number of hydrogen-bond acceptors (Lipinski definition) is 4. The van der Waals surface area contributed by atoms with Crippen LogP contribution in [0.15, 0.2) is 0 Å². The molecule has 0 fully saturated rings. The van der Waals surface area contributed by atoms with E-state index in [0.29, 0.717) is 12.8 Å². The Balaban J connectivity index is 3.30. The Morgan fingerprint density at radius 3 is 1.36 bits per heavy atom. The molecule has 0 spiro atoms. The van der Waals surface area contributed by atoms with Crippen LogP contribution < -0.4 is 0 Å². The number of rotatable bonds is 13. The van der Waals surface area contributed by atoms with Gasteiger partial charge in [-0.25, -0.2) is 0 Å². The molecule has 0 aromatic heterocycles. The van der Waals surface area contributed by atoms with Crippen molar-refractivity contribution in [2.75, 3.05) is 13.2 Å². The van der Waals surface area contributed by atoms with Gasteiger partial charge in [0.05, 0.1) is 10.8 Å². The van der Waals surface area contributed by atoms with E-state index in [1.165, 1.54) is 0 Å². The summed E-state index contributed by atoms with van der Waals surface area (Å²) in [6, 6.07) is 0.